The third-order valence-electron chi connectivity index (χ3n) is 5.48. The molecule has 0 saturated heterocycles. The molecule has 218 valence electrons. The summed E-state index contributed by atoms with van der Waals surface area (Å²) in [7, 11) is 4.70. The lowest BCUT2D eigenvalue weighted by molar-refractivity contribution is -0.0116. The van der Waals surface area contributed by atoms with Gasteiger partial charge in [0.1, 0.15) is 29.1 Å². The minimum Gasteiger partial charge on any atom is -0.467 e. The maximum Gasteiger partial charge on any atom is 0.200 e. The lowest BCUT2D eigenvalue weighted by Gasteiger charge is -2.16. The second-order valence-corrected chi connectivity index (χ2v) is 8.13. The van der Waals surface area contributed by atoms with Gasteiger partial charge in [0.25, 0.3) is 0 Å². The number of methoxy groups -OCH3 is 3. The van der Waals surface area contributed by atoms with E-state index in [1.807, 2.05) is 0 Å². The van der Waals surface area contributed by atoms with Gasteiger partial charge in [-0.2, -0.15) is 0 Å². The molecular formula is C28H34O12. The standard InChI is InChI=1S/C28H34O12/c1-31-6-9-34-17-38-21-4-5-22-26(13-21)37-16-24(28(22)30)23-12-20(15-29)25(39-18-35-10-7-32-2)14-27(23)40-19-36-11-8-33-3/h4-5,12-16H,6-11,17-19H2,1-3H3. The number of aldehydes is 1. The third-order valence-corrected chi connectivity index (χ3v) is 5.48. The van der Waals surface area contributed by atoms with Crippen LogP contribution in [0.2, 0.25) is 0 Å². The molecule has 0 aliphatic carbocycles. The first-order chi connectivity index (χ1) is 19.6. The molecule has 12 nitrogen and oxygen atoms in total. The van der Waals surface area contributed by atoms with Gasteiger partial charge in [0, 0.05) is 39.0 Å². The Labute approximate surface area is 231 Å². The van der Waals surface area contributed by atoms with Gasteiger partial charge in [0.05, 0.1) is 56.2 Å². The predicted molar refractivity (Wildman–Crippen MR) is 143 cm³/mol. The monoisotopic (exact) mass is 562 g/mol. The van der Waals surface area contributed by atoms with Crippen molar-refractivity contribution in [3.63, 3.8) is 0 Å². The molecule has 40 heavy (non-hydrogen) atoms. The van der Waals surface area contributed by atoms with Gasteiger partial charge in [-0.1, -0.05) is 0 Å². The summed E-state index contributed by atoms with van der Waals surface area (Å²) in [5, 5.41) is 0.312. The summed E-state index contributed by atoms with van der Waals surface area (Å²) in [6.45, 7) is 1.99. The molecular weight excluding hydrogens is 528 g/mol. The molecule has 0 bridgehead atoms. The van der Waals surface area contributed by atoms with Gasteiger partial charge >= 0.3 is 0 Å². The first kappa shape index (κ1) is 31.0. The van der Waals surface area contributed by atoms with Crippen LogP contribution in [0, 0.1) is 0 Å². The first-order valence-electron chi connectivity index (χ1n) is 12.4. The molecule has 0 aliphatic rings. The highest BCUT2D eigenvalue weighted by molar-refractivity contribution is 5.88. The van der Waals surface area contributed by atoms with E-state index in [0.29, 0.717) is 68.2 Å². The second kappa shape index (κ2) is 17.2. The van der Waals surface area contributed by atoms with Crippen LogP contribution in [0.4, 0.5) is 0 Å². The number of benzene rings is 2. The summed E-state index contributed by atoms with van der Waals surface area (Å²) in [4.78, 5) is 25.4. The molecule has 0 unspecified atom stereocenters. The number of ether oxygens (including phenoxy) is 9. The smallest absolute Gasteiger partial charge is 0.200 e. The molecule has 0 saturated carbocycles. The zero-order valence-electron chi connectivity index (χ0n) is 22.8. The molecule has 1 heterocycles. The fraction of sp³-hybridized carbons (Fsp3) is 0.429. The highest BCUT2D eigenvalue weighted by atomic mass is 16.7. The van der Waals surface area contributed by atoms with Crippen LogP contribution in [-0.4, -0.2) is 87.6 Å². The molecule has 0 amide bonds. The summed E-state index contributed by atoms with van der Waals surface area (Å²) in [6, 6.07) is 7.83. The lowest BCUT2D eigenvalue weighted by Crippen LogP contribution is -2.12. The minimum absolute atomic E-state index is 0.0185. The largest absolute Gasteiger partial charge is 0.467 e. The molecule has 12 heteroatoms. The van der Waals surface area contributed by atoms with Crippen molar-refractivity contribution in [2.45, 2.75) is 0 Å². The van der Waals surface area contributed by atoms with E-state index in [0.717, 1.165) is 0 Å². The fourth-order valence-corrected chi connectivity index (χ4v) is 3.43. The van der Waals surface area contributed by atoms with E-state index >= 15 is 0 Å². The second-order valence-electron chi connectivity index (χ2n) is 8.13. The highest BCUT2D eigenvalue weighted by Gasteiger charge is 2.19. The Morgan fingerprint density at radius 2 is 1.30 bits per heavy atom. The van der Waals surface area contributed by atoms with Crippen molar-refractivity contribution < 1.29 is 51.8 Å². The van der Waals surface area contributed by atoms with E-state index in [4.69, 9.17) is 47.0 Å². The maximum absolute atomic E-state index is 13.5. The van der Waals surface area contributed by atoms with Gasteiger partial charge in [-0.3, -0.25) is 9.59 Å². The van der Waals surface area contributed by atoms with Gasteiger partial charge < -0.3 is 47.0 Å². The number of hydrogen-bond acceptors (Lipinski definition) is 12. The fourth-order valence-electron chi connectivity index (χ4n) is 3.43. The van der Waals surface area contributed by atoms with E-state index in [-0.39, 0.29) is 48.4 Å². The molecule has 0 aliphatic heterocycles. The quantitative estimate of drug-likeness (QED) is 0.114. The topological polar surface area (TPSA) is 130 Å². The summed E-state index contributed by atoms with van der Waals surface area (Å²) >= 11 is 0. The van der Waals surface area contributed by atoms with Gasteiger partial charge in [-0.05, 0) is 18.2 Å². The zero-order valence-corrected chi connectivity index (χ0v) is 22.8. The van der Waals surface area contributed by atoms with Crippen LogP contribution in [-0.2, 0) is 28.4 Å². The number of hydrogen-bond donors (Lipinski definition) is 0. The molecule has 3 rings (SSSR count). The van der Waals surface area contributed by atoms with E-state index in [1.165, 1.54) is 18.4 Å². The van der Waals surface area contributed by atoms with Crippen LogP contribution < -0.4 is 19.6 Å². The SMILES string of the molecule is COCCOCOc1ccc2c(=O)c(-c3cc(C=O)c(OCOCCOC)cc3OCOCCOC)coc2c1. The Balaban J connectivity index is 1.89. The molecule has 0 spiro atoms. The van der Waals surface area contributed by atoms with Gasteiger partial charge in [0.15, 0.2) is 26.7 Å². The Kier molecular flexibility index (Phi) is 13.4. The predicted octanol–water partition coefficient (Wildman–Crippen LogP) is 3.27. The summed E-state index contributed by atoms with van der Waals surface area (Å²) < 4.78 is 53.7. The molecule has 0 N–H and O–H groups in total. The lowest BCUT2D eigenvalue weighted by atomic mass is 10.0. The minimum atomic E-state index is -0.331. The van der Waals surface area contributed by atoms with Crippen LogP contribution >= 0.6 is 0 Å². The zero-order chi connectivity index (χ0) is 28.6. The summed E-state index contributed by atoms with van der Waals surface area (Å²) in [5.41, 5.74) is 0.685. The van der Waals surface area contributed by atoms with Crippen LogP contribution in [0.15, 0.2) is 45.8 Å². The Morgan fingerprint density at radius 3 is 1.90 bits per heavy atom. The number of carbonyl (C=O) groups is 1. The Bertz CT molecular complexity index is 1260. The average Bonchev–Trinajstić information content (AvgIpc) is 2.97. The molecule has 0 fully saturated rings. The van der Waals surface area contributed by atoms with Crippen LogP contribution in [0.3, 0.4) is 0 Å². The first-order valence-corrected chi connectivity index (χ1v) is 12.4. The van der Waals surface area contributed by atoms with E-state index in [2.05, 4.69) is 0 Å². The maximum atomic E-state index is 13.5. The van der Waals surface area contributed by atoms with E-state index < -0.39 is 0 Å². The van der Waals surface area contributed by atoms with Crippen molar-refractivity contribution in [3.8, 4) is 28.4 Å². The van der Waals surface area contributed by atoms with Crippen molar-refractivity contribution >= 4 is 17.3 Å². The number of rotatable bonds is 20. The van der Waals surface area contributed by atoms with Crippen LogP contribution in [0.25, 0.3) is 22.1 Å². The molecule has 0 radical (unpaired) electrons. The van der Waals surface area contributed by atoms with Gasteiger partial charge in [-0.25, -0.2) is 0 Å². The van der Waals surface area contributed by atoms with Crippen molar-refractivity contribution in [1.29, 1.82) is 0 Å². The van der Waals surface area contributed by atoms with Gasteiger partial charge in [-0.15, -0.1) is 0 Å². The highest BCUT2D eigenvalue weighted by Crippen LogP contribution is 2.35. The molecule has 0 atom stereocenters. The molecule has 3 aromatic rings. The number of fused-ring (bicyclic) bond motifs is 1. The van der Waals surface area contributed by atoms with Crippen molar-refractivity contribution in [1.82, 2.24) is 0 Å². The van der Waals surface area contributed by atoms with Crippen molar-refractivity contribution in [2.24, 2.45) is 0 Å². The number of carbonyl (C=O) groups excluding carboxylic acids is 1. The molecule has 2 aromatic carbocycles. The van der Waals surface area contributed by atoms with E-state index in [9.17, 15) is 9.59 Å². The normalized spacial score (nSPS) is 11.1. The van der Waals surface area contributed by atoms with Gasteiger partial charge in [0.2, 0.25) is 5.43 Å². The van der Waals surface area contributed by atoms with Crippen LogP contribution in [0.1, 0.15) is 10.4 Å². The summed E-state index contributed by atoms with van der Waals surface area (Å²) in [6.07, 6.45) is 1.92. The van der Waals surface area contributed by atoms with Crippen molar-refractivity contribution in [2.75, 3.05) is 81.3 Å². The third kappa shape index (κ3) is 9.01. The van der Waals surface area contributed by atoms with Crippen molar-refractivity contribution in [3.05, 3.63) is 52.4 Å². The Morgan fingerprint density at radius 1 is 0.700 bits per heavy atom. The summed E-state index contributed by atoms with van der Waals surface area (Å²) in [5.74, 6) is 0.924. The molecule has 1 aromatic heterocycles. The average molecular weight is 563 g/mol. The van der Waals surface area contributed by atoms with E-state index in [1.54, 1.807) is 39.5 Å². The van der Waals surface area contributed by atoms with Crippen LogP contribution in [0.5, 0.6) is 17.2 Å². The Hall–Kier alpha value is -3.52.